The SMILES string of the molecule is C[C@@H]1CCN2CN([C@H]3c4ccccc4SCc4cccc(c43)OC1)n1ccc(=O)c(OCc3ccccc3)c1C2=O. The number of thioether (sulfide) groups is 1. The Labute approximate surface area is 243 Å². The molecule has 2 atom stereocenters. The first kappa shape index (κ1) is 25.8. The molecule has 1 aromatic heterocycles. The van der Waals surface area contributed by atoms with Crippen molar-refractivity contribution < 1.29 is 14.3 Å². The predicted molar refractivity (Wildman–Crippen MR) is 159 cm³/mol. The quantitative estimate of drug-likeness (QED) is 0.323. The van der Waals surface area contributed by atoms with E-state index < -0.39 is 0 Å². The standard InChI is InChI=1S/C33H31N3O4S/c1-22-14-16-34-21-36(35-17-15-26(37)32(31(35)33(34)38)40-19-23-8-3-2-4-9-23)30-25-11-5-6-13-28(25)41-20-24-10-7-12-27(29(24)30)39-18-22/h2-13,15,17,22,30H,14,16,18-21H2,1H3/t22-,30+/m1/s1. The van der Waals surface area contributed by atoms with E-state index >= 15 is 0 Å². The van der Waals surface area contributed by atoms with Crippen molar-refractivity contribution in [3.8, 4) is 11.5 Å². The van der Waals surface area contributed by atoms with Gasteiger partial charge in [0.1, 0.15) is 25.1 Å². The van der Waals surface area contributed by atoms with E-state index in [1.807, 2.05) is 51.7 Å². The Kier molecular flexibility index (Phi) is 6.71. The molecule has 3 aromatic carbocycles. The Morgan fingerprint density at radius 2 is 1.80 bits per heavy atom. The number of nitrogens with zero attached hydrogens (tertiary/aromatic N) is 3. The van der Waals surface area contributed by atoms with Crippen molar-refractivity contribution in [3.63, 3.8) is 0 Å². The number of rotatable bonds is 3. The predicted octanol–water partition coefficient (Wildman–Crippen LogP) is 5.59. The number of hydrogen-bond donors (Lipinski definition) is 0. The summed E-state index contributed by atoms with van der Waals surface area (Å²) in [6.07, 6.45) is 2.50. The van der Waals surface area contributed by atoms with Gasteiger partial charge in [-0.2, -0.15) is 0 Å². The molecule has 3 aliphatic rings. The Bertz CT molecular complexity index is 1670. The van der Waals surface area contributed by atoms with Crippen molar-refractivity contribution in [2.75, 3.05) is 24.8 Å². The molecule has 3 aliphatic heterocycles. The Balaban J connectivity index is 1.45. The molecule has 0 saturated heterocycles. The number of aromatic nitrogens is 1. The Morgan fingerprint density at radius 1 is 0.976 bits per heavy atom. The largest absolute Gasteiger partial charge is 0.493 e. The van der Waals surface area contributed by atoms with Gasteiger partial charge < -0.3 is 14.4 Å². The number of amides is 1. The van der Waals surface area contributed by atoms with Crippen molar-refractivity contribution in [1.29, 1.82) is 0 Å². The number of fused-ring (bicyclic) bond motifs is 7. The lowest BCUT2D eigenvalue weighted by Gasteiger charge is -2.44. The average molecular weight is 566 g/mol. The third-order valence-corrected chi connectivity index (χ3v) is 9.22. The van der Waals surface area contributed by atoms with Gasteiger partial charge in [0.25, 0.3) is 5.91 Å². The van der Waals surface area contributed by atoms with Crippen LogP contribution in [0.3, 0.4) is 0 Å². The van der Waals surface area contributed by atoms with Crippen LogP contribution in [0.5, 0.6) is 11.5 Å². The summed E-state index contributed by atoms with van der Waals surface area (Å²) in [5, 5.41) is 2.19. The van der Waals surface area contributed by atoms with Crippen molar-refractivity contribution in [3.05, 3.63) is 123 Å². The zero-order valence-electron chi connectivity index (χ0n) is 22.9. The number of carbonyl (C=O) groups excluding carboxylic acids is 1. The maximum atomic E-state index is 14.1. The number of carbonyl (C=O) groups is 1. The molecule has 7 nitrogen and oxygen atoms in total. The smallest absolute Gasteiger partial charge is 0.277 e. The van der Waals surface area contributed by atoms with Crippen LogP contribution in [-0.4, -0.2) is 35.3 Å². The number of benzene rings is 3. The molecule has 0 N–H and O–H groups in total. The van der Waals surface area contributed by atoms with E-state index in [1.54, 1.807) is 6.20 Å². The maximum Gasteiger partial charge on any atom is 0.277 e. The van der Waals surface area contributed by atoms with Crippen LogP contribution in [0.2, 0.25) is 0 Å². The van der Waals surface area contributed by atoms with E-state index in [-0.39, 0.29) is 41.3 Å². The lowest BCUT2D eigenvalue weighted by Crippen LogP contribution is -2.56. The molecule has 0 radical (unpaired) electrons. The lowest BCUT2D eigenvalue weighted by molar-refractivity contribution is 0.0664. The van der Waals surface area contributed by atoms with Crippen molar-refractivity contribution in [2.45, 2.75) is 36.6 Å². The molecule has 0 fully saturated rings. The summed E-state index contributed by atoms with van der Waals surface area (Å²) < 4.78 is 14.5. The topological polar surface area (TPSA) is 64.0 Å². The summed E-state index contributed by atoms with van der Waals surface area (Å²) in [5.41, 5.74) is 4.33. The van der Waals surface area contributed by atoms with Gasteiger partial charge in [-0.15, -0.1) is 11.8 Å². The lowest BCUT2D eigenvalue weighted by atomic mass is 9.93. The van der Waals surface area contributed by atoms with Crippen LogP contribution in [0, 0.1) is 5.92 Å². The number of ether oxygens (including phenoxy) is 2. The van der Waals surface area contributed by atoms with Crippen molar-refractivity contribution in [1.82, 2.24) is 9.58 Å². The van der Waals surface area contributed by atoms with Gasteiger partial charge in [-0.3, -0.25) is 19.3 Å². The van der Waals surface area contributed by atoms with Crippen LogP contribution < -0.4 is 19.9 Å². The Hall–Kier alpha value is -4.17. The van der Waals surface area contributed by atoms with Gasteiger partial charge in [-0.1, -0.05) is 67.6 Å². The van der Waals surface area contributed by atoms with E-state index in [4.69, 9.17) is 9.47 Å². The molecule has 41 heavy (non-hydrogen) atoms. The van der Waals surface area contributed by atoms with Gasteiger partial charge in [-0.25, -0.2) is 0 Å². The second kappa shape index (κ2) is 10.7. The molecule has 0 saturated carbocycles. The molecule has 2 bridgehead atoms. The highest BCUT2D eigenvalue weighted by molar-refractivity contribution is 7.98. The minimum Gasteiger partial charge on any atom is -0.493 e. The van der Waals surface area contributed by atoms with E-state index in [2.05, 4.69) is 54.4 Å². The highest BCUT2D eigenvalue weighted by Crippen LogP contribution is 2.46. The van der Waals surface area contributed by atoms with Crippen LogP contribution in [0.25, 0.3) is 0 Å². The molecule has 0 spiro atoms. The number of hydrogen-bond acceptors (Lipinski definition) is 6. The molecule has 4 aromatic rings. The minimum absolute atomic E-state index is 0.0833. The highest BCUT2D eigenvalue weighted by atomic mass is 32.2. The summed E-state index contributed by atoms with van der Waals surface area (Å²) in [5.74, 6) is 1.81. The van der Waals surface area contributed by atoms with Crippen LogP contribution in [-0.2, 0) is 12.4 Å². The molecule has 1 amide bonds. The number of pyridine rings is 1. The fraction of sp³-hybridized carbons (Fsp3) is 0.273. The zero-order chi connectivity index (χ0) is 27.9. The van der Waals surface area contributed by atoms with Gasteiger partial charge in [0.2, 0.25) is 5.43 Å². The van der Waals surface area contributed by atoms with E-state index in [9.17, 15) is 9.59 Å². The van der Waals surface area contributed by atoms with E-state index in [0.29, 0.717) is 19.8 Å². The van der Waals surface area contributed by atoms with Crippen LogP contribution >= 0.6 is 11.8 Å². The normalized spacial score (nSPS) is 19.6. The van der Waals surface area contributed by atoms with Crippen LogP contribution in [0.4, 0.5) is 0 Å². The minimum atomic E-state index is -0.304. The third-order valence-electron chi connectivity index (χ3n) is 8.08. The van der Waals surface area contributed by atoms with Crippen LogP contribution in [0.15, 0.2) is 94.7 Å². The first-order chi connectivity index (χ1) is 20.1. The average Bonchev–Trinajstić information content (AvgIpc) is 3.18. The molecule has 0 aliphatic carbocycles. The van der Waals surface area contributed by atoms with Gasteiger partial charge >= 0.3 is 0 Å². The molecule has 8 heteroatoms. The molecular formula is C33H31N3O4S. The fourth-order valence-electron chi connectivity index (χ4n) is 5.92. The maximum absolute atomic E-state index is 14.1. The summed E-state index contributed by atoms with van der Waals surface area (Å²) in [6, 6.07) is 25.7. The fourth-order valence-corrected chi connectivity index (χ4v) is 7.01. The highest BCUT2D eigenvalue weighted by Gasteiger charge is 2.40. The Morgan fingerprint density at radius 3 is 2.68 bits per heavy atom. The molecule has 4 heterocycles. The van der Waals surface area contributed by atoms with Gasteiger partial charge in [-0.05, 0) is 41.2 Å². The third kappa shape index (κ3) is 4.66. The monoisotopic (exact) mass is 565 g/mol. The molecule has 0 unspecified atom stereocenters. The summed E-state index contributed by atoms with van der Waals surface area (Å²) in [4.78, 5) is 30.5. The first-order valence-electron chi connectivity index (χ1n) is 14.0. The molecular weight excluding hydrogens is 534 g/mol. The van der Waals surface area contributed by atoms with E-state index in [0.717, 1.165) is 34.6 Å². The zero-order valence-corrected chi connectivity index (χ0v) is 23.7. The second-order valence-electron chi connectivity index (χ2n) is 10.9. The second-order valence-corrected chi connectivity index (χ2v) is 11.9. The van der Waals surface area contributed by atoms with Gasteiger partial charge in [0.05, 0.1) is 6.61 Å². The van der Waals surface area contributed by atoms with Crippen LogP contribution in [0.1, 0.15) is 52.1 Å². The summed E-state index contributed by atoms with van der Waals surface area (Å²) in [6.45, 7) is 3.84. The summed E-state index contributed by atoms with van der Waals surface area (Å²) in [7, 11) is 0. The van der Waals surface area contributed by atoms with Crippen molar-refractivity contribution in [2.24, 2.45) is 5.92 Å². The molecule has 208 valence electrons. The van der Waals surface area contributed by atoms with Gasteiger partial charge in [0.15, 0.2) is 11.4 Å². The van der Waals surface area contributed by atoms with E-state index in [1.165, 1.54) is 16.5 Å². The first-order valence-corrected chi connectivity index (χ1v) is 15.0. The van der Waals surface area contributed by atoms with Crippen molar-refractivity contribution >= 4 is 17.7 Å². The van der Waals surface area contributed by atoms with Gasteiger partial charge in [0, 0.05) is 35.0 Å². The molecule has 7 rings (SSSR count). The summed E-state index contributed by atoms with van der Waals surface area (Å²) >= 11 is 1.81.